The van der Waals surface area contributed by atoms with Gasteiger partial charge in [0.05, 0.1) is 5.60 Å². The van der Waals surface area contributed by atoms with Crippen molar-refractivity contribution in [3.63, 3.8) is 0 Å². The highest BCUT2D eigenvalue weighted by Gasteiger charge is 2.45. The average Bonchev–Trinajstić information content (AvgIpc) is 2.51. The molecule has 1 unspecified atom stereocenters. The van der Waals surface area contributed by atoms with Gasteiger partial charge in [0.25, 0.3) is 0 Å². The van der Waals surface area contributed by atoms with Gasteiger partial charge in [-0.3, -0.25) is 0 Å². The molecule has 1 N–H and O–H groups in total. The molecule has 120 valence electrons. The van der Waals surface area contributed by atoms with E-state index in [1.54, 1.807) is 0 Å². The fourth-order valence-electron chi connectivity index (χ4n) is 3.16. The molecule has 1 aromatic carbocycles. The summed E-state index contributed by atoms with van der Waals surface area (Å²) < 4.78 is 6.41. The molecule has 3 rings (SSSR count). The summed E-state index contributed by atoms with van der Waals surface area (Å²) in [6.07, 6.45) is 3.18. The zero-order valence-electron chi connectivity index (χ0n) is 14.1. The molecule has 2 aliphatic rings. The molecule has 1 fully saturated rings. The number of benzene rings is 1. The van der Waals surface area contributed by atoms with Crippen molar-refractivity contribution >= 4 is 22.6 Å². The van der Waals surface area contributed by atoms with Crippen LogP contribution in [0, 0.1) is 0 Å². The molecule has 0 bridgehead atoms. The molecule has 0 aromatic heterocycles. The van der Waals surface area contributed by atoms with Gasteiger partial charge < -0.3 is 10.1 Å². The number of piperidine rings is 1. The summed E-state index contributed by atoms with van der Waals surface area (Å²) in [6, 6.07) is 8.80. The Bertz CT molecular complexity index is 425. The monoisotopic (exact) mass is 403 g/mol. The van der Waals surface area contributed by atoms with Crippen LogP contribution in [0.2, 0.25) is 0 Å². The van der Waals surface area contributed by atoms with Crippen molar-refractivity contribution in [1.82, 2.24) is 5.32 Å². The van der Waals surface area contributed by atoms with Gasteiger partial charge in [-0.1, -0.05) is 52.0 Å². The second kappa shape index (κ2) is 8.49. The first-order valence-corrected chi connectivity index (χ1v) is 9.37. The smallest absolute Gasteiger partial charge is 0.121 e. The minimum atomic E-state index is -0.0660. The third-order valence-electron chi connectivity index (χ3n) is 3.83. The normalized spacial score (nSPS) is 25.8. The van der Waals surface area contributed by atoms with Crippen molar-refractivity contribution in [1.29, 1.82) is 0 Å². The topological polar surface area (TPSA) is 21.3 Å². The van der Waals surface area contributed by atoms with E-state index in [1.807, 2.05) is 27.7 Å². The van der Waals surface area contributed by atoms with E-state index >= 15 is 0 Å². The molecule has 0 aliphatic carbocycles. The van der Waals surface area contributed by atoms with E-state index < -0.39 is 0 Å². The number of alkyl halides is 1. The second-order valence-corrected chi connectivity index (χ2v) is 7.56. The Kier molecular flexibility index (Phi) is 7.65. The first-order chi connectivity index (χ1) is 10.1. The number of ether oxygens (including phenoxy) is 1. The first kappa shape index (κ1) is 18.9. The summed E-state index contributed by atoms with van der Waals surface area (Å²) in [4.78, 5) is 0. The van der Waals surface area contributed by atoms with Gasteiger partial charge >= 0.3 is 0 Å². The molecular weight excluding hydrogens is 373 g/mol. The fraction of sp³-hybridized carbons (Fsp3) is 0.667. The van der Waals surface area contributed by atoms with Crippen LogP contribution in [0.15, 0.2) is 24.3 Å². The molecule has 2 aliphatic heterocycles. The van der Waals surface area contributed by atoms with Crippen LogP contribution in [0.3, 0.4) is 0 Å². The quantitative estimate of drug-likeness (QED) is 0.484. The molecule has 21 heavy (non-hydrogen) atoms. The lowest BCUT2D eigenvalue weighted by molar-refractivity contribution is -0.128. The Morgan fingerprint density at radius 1 is 1.05 bits per heavy atom. The van der Waals surface area contributed by atoms with Crippen molar-refractivity contribution in [3.8, 4) is 0 Å². The van der Waals surface area contributed by atoms with Gasteiger partial charge in [0.15, 0.2) is 0 Å². The minimum absolute atomic E-state index is 0.0456. The zero-order valence-corrected chi connectivity index (χ0v) is 16.3. The molecule has 1 spiro atoms. The molecule has 1 aromatic rings. The highest BCUT2D eigenvalue weighted by molar-refractivity contribution is 14.1. The molecule has 0 saturated carbocycles. The van der Waals surface area contributed by atoms with Crippen LogP contribution in [0.5, 0.6) is 0 Å². The SMILES string of the molecule is CC.CC.CC1(I)Cc2ccccc2C2(CCNCC2)O1. The Morgan fingerprint density at radius 2 is 1.62 bits per heavy atom. The van der Waals surface area contributed by atoms with Crippen molar-refractivity contribution < 1.29 is 4.74 Å². The molecule has 3 heteroatoms. The van der Waals surface area contributed by atoms with Crippen molar-refractivity contribution in [2.75, 3.05) is 13.1 Å². The Hall–Kier alpha value is -0.130. The van der Waals surface area contributed by atoms with E-state index in [-0.39, 0.29) is 9.21 Å². The highest BCUT2D eigenvalue weighted by atomic mass is 127. The summed E-state index contributed by atoms with van der Waals surface area (Å²) in [5, 5.41) is 3.43. The summed E-state index contributed by atoms with van der Waals surface area (Å²) in [5.41, 5.74) is 2.85. The van der Waals surface area contributed by atoms with Gasteiger partial charge in [0.2, 0.25) is 0 Å². The number of rotatable bonds is 0. The van der Waals surface area contributed by atoms with E-state index in [0.29, 0.717) is 0 Å². The van der Waals surface area contributed by atoms with Gasteiger partial charge in [-0.15, -0.1) is 0 Å². The molecule has 0 radical (unpaired) electrons. The zero-order chi connectivity index (χ0) is 15.9. The summed E-state index contributed by atoms with van der Waals surface area (Å²) in [5.74, 6) is 0. The Morgan fingerprint density at radius 3 is 2.24 bits per heavy atom. The van der Waals surface area contributed by atoms with Gasteiger partial charge in [-0.25, -0.2) is 0 Å². The van der Waals surface area contributed by atoms with E-state index in [1.165, 1.54) is 11.1 Å². The number of hydrogen-bond acceptors (Lipinski definition) is 2. The number of hydrogen-bond donors (Lipinski definition) is 1. The molecule has 1 atom stereocenters. The third-order valence-corrected chi connectivity index (χ3v) is 4.44. The van der Waals surface area contributed by atoms with Crippen molar-refractivity contribution in [3.05, 3.63) is 35.4 Å². The summed E-state index contributed by atoms with van der Waals surface area (Å²) in [7, 11) is 0. The maximum absolute atomic E-state index is 6.48. The number of nitrogens with one attached hydrogen (secondary N) is 1. The summed E-state index contributed by atoms with van der Waals surface area (Å²) >= 11 is 2.46. The fourth-order valence-corrected chi connectivity index (χ4v) is 3.99. The van der Waals surface area contributed by atoms with Crippen LogP contribution in [0.25, 0.3) is 0 Å². The van der Waals surface area contributed by atoms with E-state index in [2.05, 4.69) is 59.1 Å². The van der Waals surface area contributed by atoms with Crippen LogP contribution in [0.1, 0.15) is 58.6 Å². The Balaban J connectivity index is 0.000000510. The van der Waals surface area contributed by atoms with E-state index in [4.69, 9.17) is 4.74 Å². The van der Waals surface area contributed by atoms with Gasteiger partial charge in [-0.05, 0) is 66.6 Å². The summed E-state index contributed by atoms with van der Waals surface area (Å²) in [6.45, 7) is 12.3. The van der Waals surface area contributed by atoms with Crippen molar-refractivity contribution in [2.24, 2.45) is 0 Å². The maximum atomic E-state index is 6.48. The van der Waals surface area contributed by atoms with Gasteiger partial charge in [-0.2, -0.15) is 0 Å². The molecule has 2 nitrogen and oxygen atoms in total. The van der Waals surface area contributed by atoms with E-state index in [9.17, 15) is 0 Å². The lowest BCUT2D eigenvalue weighted by atomic mass is 9.79. The van der Waals surface area contributed by atoms with Crippen LogP contribution >= 0.6 is 22.6 Å². The highest BCUT2D eigenvalue weighted by Crippen LogP contribution is 2.47. The minimum Gasteiger partial charge on any atom is -0.353 e. The molecule has 2 heterocycles. The number of fused-ring (bicyclic) bond motifs is 2. The molecule has 0 amide bonds. The van der Waals surface area contributed by atoms with Gasteiger partial charge in [0.1, 0.15) is 3.61 Å². The van der Waals surface area contributed by atoms with Crippen LogP contribution in [0.4, 0.5) is 0 Å². The molecular formula is C18H30INO. The van der Waals surface area contributed by atoms with E-state index in [0.717, 1.165) is 32.4 Å². The van der Waals surface area contributed by atoms with Crippen molar-refractivity contribution in [2.45, 2.75) is 63.1 Å². The van der Waals surface area contributed by atoms with Crippen LogP contribution < -0.4 is 5.32 Å². The first-order valence-electron chi connectivity index (χ1n) is 8.30. The third kappa shape index (κ3) is 4.42. The maximum Gasteiger partial charge on any atom is 0.121 e. The van der Waals surface area contributed by atoms with Crippen LogP contribution in [-0.4, -0.2) is 16.7 Å². The largest absolute Gasteiger partial charge is 0.353 e. The molecule has 1 saturated heterocycles. The van der Waals surface area contributed by atoms with Gasteiger partial charge in [0, 0.05) is 6.42 Å². The predicted octanol–water partition coefficient (Wildman–Crippen LogP) is 5.04. The Labute approximate surface area is 144 Å². The predicted molar refractivity (Wildman–Crippen MR) is 100 cm³/mol. The standard InChI is InChI=1S/C14H18INO.2C2H6/c1-13(15)10-11-4-2-3-5-12(11)14(17-13)6-8-16-9-7-14;2*1-2/h2-5,16H,6-10H2,1H3;2*1-2H3. The number of halogens is 1. The van der Waals surface area contributed by atoms with Crippen LogP contribution in [-0.2, 0) is 16.8 Å². The average molecular weight is 403 g/mol. The lowest BCUT2D eigenvalue weighted by Gasteiger charge is -2.47. The second-order valence-electron chi connectivity index (χ2n) is 5.28. The lowest BCUT2D eigenvalue weighted by Crippen LogP contribution is -2.49.